The predicted molar refractivity (Wildman–Crippen MR) is 92.6 cm³/mol. The van der Waals surface area contributed by atoms with Crippen LogP contribution in [0.3, 0.4) is 0 Å². The molecule has 11 heteroatoms. The van der Waals surface area contributed by atoms with E-state index in [1.807, 2.05) is 0 Å². The summed E-state index contributed by atoms with van der Waals surface area (Å²) in [5.74, 6) is -2.58. The number of furan rings is 1. The van der Waals surface area contributed by atoms with E-state index in [1.54, 1.807) is 0 Å². The van der Waals surface area contributed by atoms with Crippen molar-refractivity contribution >= 4 is 39.3 Å². The monoisotopic (exact) mass is 403 g/mol. The maximum absolute atomic E-state index is 12.7. The molecule has 1 saturated heterocycles. The van der Waals surface area contributed by atoms with Crippen molar-refractivity contribution in [1.82, 2.24) is 10.2 Å². The largest absolute Gasteiger partial charge is 0.451 e. The van der Waals surface area contributed by atoms with Crippen molar-refractivity contribution < 1.29 is 32.0 Å². The molecule has 1 unspecified atom stereocenters. The van der Waals surface area contributed by atoms with Crippen LogP contribution in [-0.2, 0) is 19.6 Å². The van der Waals surface area contributed by atoms with Gasteiger partial charge in [0.25, 0.3) is 21.8 Å². The number of hydrogen-bond donors (Lipinski definition) is 2. The van der Waals surface area contributed by atoms with Crippen molar-refractivity contribution in [2.45, 2.75) is 24.0 Å². The number of benzene rings is 1. The lowest BCUT2D eigenvalue weighted by molar-refractivity contribution is -0.136. The molecular weight excluding hydrogens is 390 g/mol. The molecule has 2 aromatic rings. The van der Waals surface area contributed by atoms with Crippen molar-refractivity contribution in [3.63, 3.8) is 0 Å². The topological polar surface area (TPSA) is 143 Å². The quantitative estimate of drug-likeness (QED) is 0.707. The first-order valence-electron chi connectivity index (χ1n) is 8.20. The summed E-state index contributed by atoms with van der Waals surface area (Å²) in [7, 11) is -4.00. The molecule has 10 nitrogen and oxygen atoms in total. The number of anilines is 1. The highest BCUT2D eigenvalue weighted by Crippen LogP contribution is 2.30. The Balaban J connectivity index is 1.63. The Bertz CT molecular complexity index is 1120. The van der Waals surface area contributed by atoms with E-state index in [2.05, 4.69) is 10.0 Å². The van der Waals surface area contributed by atoms with E-state index in [0.29, 0.717) is 0 Å². The number of nitrogens with zero attached hydrogens (tertiary/aromatic N) is 1. The minimum atomic E-state index is -4.00. The second kappa shape index (κ2) is 6.30. The summed E-state index contributed by atoms with van der Waals surface area (Å²) in [4.78, 5) is 49.5. The Labute approximate surface area is 158 Å². The van der Waals surface area contributed by atoms with E-state index < -0.39 is 39.7 Å². The minimum absolute atomic E-state index is 0.0119. The molecule has 3 heterocycles. The highest BCUT2D eigenvalue weighted by molar-refractivity contribution is 7.92. The molecule has 0 radical (unpaired) electrons. The summed E-state index contributed by atoms with van der Waals surface area (Å²) in [5.41, 5.74) is 0.0754. The van der Waals surface area contributed by atoms with E-state index in [1.165, 1.54) is 36.6 Å². The number of rotatable bonds is 4. The Hall–Kier alpha value is -3.47. The number of nitrogens with one attached hydrogen (secondary N) is 2. The molecule has 1 atom stereocenters. The molecule has 0 aliphatic carbocycles. The lowest BCUT2D eigenvalue weighted by Crippen LogP contribution is -2.54. The van der Waals surface area contributed by atoms with Gasteiger partial charge >= 0.3 is 0 Å². The van der Waals surface area contributed by atoms with Crippen LogP contribution in [0, 0.1) is 0 Å². The van der Waals surface area contributed by atoms with E-state index >= 15 is 0 Å². The summed E-state index contributed by atoms with van der Waals surface area (Å²) < 4.78 is 31.6. The highest BCUT2D eigenvalue weighted by atomic mass is 32.2. The normalized spacial score (nSPS) is 19.6. The highest BCUT2D eigenvalue weighted by Gasteiger charge is 2.44. The minimum Gasteiger partial charge on any atom is -0.451 e. The molecule has 0 bridgehead atoms. The van der Waals surface area contributed by atoms with Crippen LogP contribution in [0.15, 0.2) is 46.1 Å². The molecule has 4 amide bonds. The van der Waals surface area contributed by atoms with Gasteiger partial charge in [-0.15, -0.1) is 0 Å². The van der Waals surface area contributed by atoms with Crippen LogP contribution in [0.4, 0.5) is 5.69 Å². The van der Waals surface area contributed by atoms with Gasteiger partial charge in [-0.2, -0.15) is 8.42 Å². The fourth-order valence-corrected chi connectivity index (χ4v) is 4.13. The third-order valence-electron chi connectivity index (χ3n) is 4.45. The van der Waals surface area contributed by atoms with Crippen LogP contribution in [0.5, 0.6) is 0 Å². The van der Waals surface area contributed by atoms with Gasteiger partial charge < -0.3 is 4.42 Å². The van der Waals surface area contributed by atoms with Gasteiger partial charge in [0, 0.05) is 12.1 Å². The number of carbonyl (C=O) groups excluding carboxylic acids is 4. The van der Waals surface area contributed by atoms with Crippen molar-refractivity contribution in [2.75, 3.05) is 4.72 Å². The number of amides is 4. The number of carbonyl (C=O) groups is 4. The summed E-state index contributed by atoms with van der Waals surface area (Å²) in [5, 5.41) is 1.80. The SMILES string of the molecule is O=C1CCC(N2C(=O)c3ccc(NS(=O)(=O)c4ccco4)cc3C2=O)C(=O)N1. The zero-order valence-corrected chi connectivity index (χ0v) is 15.0. The summed E-state index contributed by atoms with van der Waals surface area (Å²) in [6.07, 6.45) is 1.25. The number of hydrogen-bond acceptors (Lipinski definition) is 7. The second-order valence-electron chi connectivity index (χ2n) is 6.25. The summed E-state index contributed by atoms with van der Waals surface area (Å²) in [6.45, 7) is 0. The predicted octanol–water partition coefficient (Wildman–Crippen LogP) is 0.482. The van der Waals surface area contributed by atoms with Crippen LogP contribution < -0.4 is 10.0 Å². The summed E-state index contributed by atoms with van der Waals surface area (Å²) in [6, 6.07) is 5.45. The molecule has 1 fully saturated rings. The molecule has 0 spiro atoms. The van der Waals surface area contributed by atoms with Crippen LogP contribution in [-0.4, -0.2) is 43.0 Å². The molecule has 0 saturated carbocycles. The van der Waals surface area contributed by atoms with Crippen molar-refractivity contribution in [3.05, 3.63) is 47.7 Å². The Kier molecular flexibility index (Phi) is 4.03. The standard InChI is InChI=1S/C17H13N3O7S/c21-13-6-5-12(15(22)18-13)20-16(23)10-4-3-9(8-11(10)17(20)24)19-28(25,26)14-2-1-7-27-14/h1-4,7-8,12,19H,5-6H2,(H,18,21,22). The summed E-state index contributed by atoms with van der Waals surface area (Å²) >= 11 is 0. The third kappa shape index (κ3) is 2.85. The number of imide groups is 2. The number of fused-ring (bicyclic) bond motifs is 1. The van der Waals surface area contributed by atoms with E-state index in [9.17, 15) is 27.6 Å². The Morgan fingerprint density at radius 3 is 2.50 bits per heavy atom. The molecule has 1 aromatic carbocycles. The second-order valence-corrected chi connectivity index (χ2v) is 7.86. The first-order chi connectivity index (χ1) is 13.3. The fraction of sp³-hybridized carbons (Fsp3) is 0.176. The van der Waals surface area contributed by atoms with Gasteiger partial charge in [-0.3, -0.25) is 34.1 Å². The lowest BCUT2D eigenvalue weighted by Gasteiger charge is -2.27. The zero-order chi connectivity index (χ0) is 20.1. The van der Waals surface area contributed by atoms with Crippen molar-refractivity contribution in [3.8, 4) is 0 Å². The molecular formula is C17H13N3O7S. The third-order valence-corrected chi connectivity index (χ3v) is 5.72. The fourth-order valence-electron chi connectivity index (χ4n) is 3.16. The maximum atomic E-state index is 12.7. The molecule has 2 aliphatic heterocycles. The van der Waals surface area contributed by atoms with Gasteiger partial charge in [-0.05, 0) is 36.8 Å². The van der Waals surface area contributed by atoms with Crippen LogP contribution in [0.25, 0.3) is 0 Å². The maximum Gasteiger partial charge on any atom is 0.295 e. The molecule has 2 aliphatic rings. The number of sulfonamides is 1. The van der Waals surface area contributed by atoms with Gasteiger partial charge in [0.2, 0.25) is 16.9 Å². The van der Waals surface area contributed by atoms with Crippen molar-refractivity contribution in [1.29, 1.82) is 0 Å². The average Bonchev–Trinajstić information content (AvgIpc) is 3.25. The van der Waals surface area contributed by atoms with Gasteiger partial charge in [0.15, 0.2) is 0 Å². The van der Waals surface area contributed by atoms with E-state index in [4.69, 9.17) is 4.42 Å². The molecule has 2 N–H and O–H groups in total. The Morgan fingerprint density at radius 1 is 1.07 bits per heavy atom. The van der Waals surface area contributed by atoms with Gasteiger partial charge in [-0.1, -0.05) is 0 Å². The van der Waals surface area contributed by atoms with Gasteiger partial charge in [0.05, 0.1) is 17.4 Å². The van der Waals surface area contributed by atoms with Crippen LogP contribution >= 0.6 is 0 Å². The van der Waals surface area contributed by atoms with E-state index in [-0.39, 0.29) is 34.7 Å². The molecule has 28 heavy (non-hydrogen) atoms. The van der Waals surface area contributed by atoms with E-state index in [0.717, 1.165) is 4.90 Å². The molecule has 1 aromatic heterocycles. The Morgan fingerprint density at radius 2 is 1.82 bits per heavy atom. The van der Waals surface area contributed by atoms with Gasteiger partial charge in [-0.25, -0.2) is 0 Å². The number of piperidine rings is 1. The lowest BCUT2D eigenvalue weighted by atomic mass is 10.0. The smallest absolute Gasteiger partial charge is 0.295 e. The average molecular weight is 403 g/mol. The van der Waals surface area contributed by atoms with Crippen molar-refractivity contribution in [2.24, 2.45) is 0 Å². The first kappa shape index (κ1) is 17.9. The molecule has 144 valence electrons. The first-order valence-corrected chi connectivity index (χ1v) is 9.68. The molecule has 4 rings (SSSR count). The van der Waals surface area contributed by atoms with Crippen LogP contribution in [0.2, 0.25) is 0 Å². The van der Waals surface area contributed by atoms with Crippen LogP contribution in [0.1, 0.15) is 33.6 Å². The zero-order valence-electron chi connectivity index (χ0n) is 14.2. The van der Waals surface area contributed by atoms with Gasteiger partial charge in [0.1, 0.15) is 6.04 Å².